The molecule has 0 atom stereocenters. The van der Waals surface area contributed by atoms with Gasteiger partial charge in [-0.1, -0.05) is 48.5 Å². The van der Waals surface area contributed by atoms with Crippen molar-refractivity contribution in [2.75, 3.05) is 38.2 Å². The van der Waals surface area contributed by atoms with Crippen molar-refractivity contribution in [3.63, 3.8) is 0 Å². The second kappa shape index (κ2) is 9.79. The predicted octanol–water partition coefficient (Wildman–Crippen LogP) is 4.30. The highest BCUT2D eigenvalue weighted by Gasteiger charge is 2.25. The van der Waals surface area contributed by atoms with Crippen LogP contribution in [0.3, 0.4) is 0 Å². The van der Waals surface area contributed by atoms with Crippen LogP contribution in [0, 0.1) is 0 Å². The summed E-state index contributed by atoms with van der Waals surface area (Å²) < 4.78 is 7.02. The number of hydrogen-bond donors (Lipinski definition) is 0. The van der Waals surface area contributed by atoms with E-state index >= 15 is 0 Å². The summed E-state index contributed by atoms with van der Waals surface area (Å²) in [6, 6.07) is 27.7. The molecule has 0 spiro atoms. The second-order valence-corrected chi connectivity index (χ2v) is 8.20. The van der Waals surface area contributed by atoms with Crippen LogP contribution in [-0.2, 0) is 0 Å². The SMILES string of the molecule is COc1ccc(N2CCCN(C(=O)c3nc(-c4ccccc4)n(-c4ccccc4)n3)CC2)cc1. The van der Waals surface area contributed by atoms with E-state index in [9.17, 15) is 4.79 Å². The van der Waals surface area contributed by atoms with Crippen molar-refractivity contribution < 1.29 is 9.53 Å². The Balaban J connectivity index is 1.38. The summed E-state index contributed by atoms with van der Waals surface area (Å²) in [5.41, 5.74) is 2.92. The van der Waals surface area contributed by atoms with E-state index in [1.54, 1.807) is 11.8 Å². The lowest BCUT2D eigenvalue weighted by Crippen LogP contribution is -2.35. The normalized spacial score (nSPS) is 14.0. The van der Waals surface area contributed by atoms with Crippen LogP contribution in [0.2, 0.25) is 0 Å². The Labute approximate surface area is 199 Å². The first-order valence-corrected chi connectivity index (χ1v) is 11.5. The number of benzene rings is 3. The highest BCUT2D eigenvalue weighted by molar-refractivity contribution is 5.91. The van der Waals surface area contributed by atoms with Crippen LogP contribution in [0.25, 0.3) is 17.1 Å². The molecule has 3 aromatic carbocycles. The van der Waals surface area contributed by atoms with Crippen LogP contribution in [0.4, 0.5) is 5.69 Å². The Hall–Kier alpha value is -4.13. The van der Waals surface area contributed by atoms with Gasteiger partial charge in [0.2, 0.25) is 5.82 Å². The highest BCUT2D eigenvalue weighted by atomic mass is 16.5. The lowest BCUT2D eigenvalue weighted by molar-refractivity contribution is 0.0755. The molecular weight excluding hydrogens is 426 g/mol. The second-order valence-electron chi connectivity index (χ2n) is 8.20. The van der Waals surface area contributed by atoms with Gasteiger partial charge in [0.15, 0.2) is 5.82 Å². The van der Waals surface area contributed by atoms with E-state index in [0.717, 1.165) is 42.2 Å². The molecule has 5 rings (SSSR count). The minimum Gasteiger partial charge on any atom is -0.497 e. The molecule has 0 radical (unpaired) electrons. The van der Waals surface area contributed by atoms with E-state index in [-0.39, 0.29) is 11.7 Å². The lowest BCUT2D eigenvalue weighted by atomic mass is 10.2. The summed E-state index contributed by atoms with van der Waals surface area (Å²) in [5, 5.41) is 4.65. The van der Waals surface area contributed by atoms with E-state index in [1.165, 1.54) is 0 Å². The molecular formula is C27H27N5O2. The maximum atomic E-state index is 13.5. The molecule has 7 nitrogen and oxygen atoms in total. The Bertz CT molecular complexity index is 1180. The molecule has 172 valence electrons. The van der Waals surface area contributed by atoms with Crippen molar-refractivity contribution in [2.45, 2.75) is 6.42 Å². The Morgan fingerprint density at radius 2 is 1.50 bits per heavy atom. The summed E-state index contributed by atoms with van der Waals surface area (Å²) in [7, 11) is 1.67. The average Bonchev–Trinajstić information content (AvgIpc) is 3.21. The summed E-state index contributed by atoms with van der Waals surface area (Å²) >= 11 is 0. The molecule has 7 heteroatoms. The van der Waals surface area contributed by atoms with E-state index < -0.39 is 0 Å². The molecule has 1 aliphatic heterocycles. The third kappa shape index (κ3) is 4.50. The number of ether oxygens (including phenoxy) is 1. The molecule has 1 amide bonds. The third-order valence-corrected chi connectivity index (χ3v) is 6.05. The Morgan fingerprint density at radius 1 is 0.794 bits per heavy atom. The quantitative estimate of drug-likeness (QED) is 0.451. The minimum absolute atomic E-state index is 0.136. The van der Waals surface area contributed by atoms with Gasteiger partial charge in [-0.05, 0) is 42.8 Å². The number of hydrogen-bond acceptors (Lipinski definition) is 5. The molecule has 34 heavy (non-hydrogen) atoms. The van der Waals surface area contributed by atoms with Crippen LogP contribution in [0.15, 0.2) is 84.9 Å². The van der Waals surface area contributed by atoms with Crippen LogP contribution in [0.5, 0.6) is 5.75 Å². The van der Waals surface area contributed by atoms with Crippen molar-refractivity contribution in [1.82, 2.24) is 19.7 Å². The number of amides is 1. The van der Waals surface area contributed by atoms with Gasteiger partial charge in [-0.25, -0.2) is 9.67 Å². The largest absolute Gasteiger partial charge is 0.497 e. The van der Waals surface area contributed by atoms with Crippen molar-refractivity contribution in [1.29, 1.82) is 0 Å². The smallest absolute Gasteiger partial charge is 0.293 e. The van der Waals surface area contributed by atoms with Gasteiger partial charge >= 0.3 is 0 Å². The van der Waals surface area contributed by atoms with Crippen LogP contribution >= 0.6 is 0 Å². The van der Waals surface area contributed by atoms with Crippen LogP contribution in [-0.4, -0.2) is 58.9 Å². The number of para-hydroxylation sites is 1. The fraction of sp³-hybridized carbons (Fsp3) is 0.222. The maximum absolute atomic E-state index is 13.5. The van der Waals surface area contributed by atoms with Crippen LogP contribution in [0.1, 0.15) is 17.0 Å². The standard InChI is InChI=1S/C27H27N5O2/c1-34-24-15-13-22(14-16-24)30-17-8-18-31(20-19-30)27(33)25-28-26(21-9-4-2-5-10-21)32(29-25)23-11-6-3-7-12-23/h2-7,9-16H,8,17-20H2,1H3. The summed E-state index contributed by atoms with van der Waals surface area (Å²) in [6.07, 6.45) is 0.878. The van der Waals surface area contributed by atoms with Crippen molar-refractivity contribution >= 4 is 11.6 Å². The number of anilines is 1. The maximum Gasteiger partial charge on any atom is 0.293 e. The molecule has 1 saturated heterocycles. The summed E-state index contributed by atoms with van der Waals surface area (Å²) in [4.78, 5) is 22.3. The fourth-order valence-corrected chi connectivity index (χ4v) is 4.24. The van der Waals surface area contributed by atoms with Gasteiger partial charge in [-0.3, -0.25) is 4.79 Å². The van der Waals surface area contributed by atoms with E-state index in [0.29, 0.717) is 18.9 Å². The van der Waals surface area contributed by atoms with E-state index in [2.05, 4.69) is 22.1 Å². The zero-order valence-corrected chi connectivity index (χ0v) is 19.2. The number of nitrogens with zero attached hydrogens (tertiary/aromatic N) is 5. The van der Waals surface area contributed by atoms with Crippen molar-refractivity contribution in [3.8, 4) is 22.8 Å². The van der Waals surface area contributed by atoms with Crippen LogP contribution < -0.4 is 9.64 Å². The molecule has 1 aliphatic rings. The first-order chi connectivity index (χ1) is 16.7. The van der Waals surface area contributed by atoms with Gasteiger partial charge in [0.05, 0.1) is 12.8 Å². The highest BCUT2D eigenvalue weighted by Crippen LogP contribution is 2.23. The molecule has 0 N–H and O–H groups in total. The summed E-state index contributed by atoms with van der Waals surface area (Å²) in [6.45, 7) is 2.93. The zero-order chi connectivity index (χ0) is 23.3. The Kier molecular flexibility index (Phi) is 6.25. The van der Waals surface area contributed by atoms with E-state index in [4.69, 9.17) is 9.72 Å². The number of methoxy groups -OCH3 is 1. The Morgan fingerprint density at radius 3 is 2.21 bits per heavy atom. The van der Waals surface area contributed by atoms with Crippen molar-refractivity contribution in [2.24, 2.45) is 0 Å². The molecule has 0 saturated carbocycles. The molecule has 1 fully saturated rings. The number of carbonyl (C=O) groups is 1. The monoisotopic (exact) mass is 453 g/mol. The molecule has 4 aromatic rings. The average molecular weight is 454 g/mol. The molecule has 0 aliphatic carbocycles. The van der Waals surface area contributed by atoms with Gasteiger partial charge in [-0.2, -0.15) is 0 Å². The van der Waals surface area contributed by atoms with Gasteiger partial charge in [0.1, 0.15) is 5.75 Å². The zero-order valence-electron chi connectivity index (χ0n) is 19.2. The van der Waals surface area contributed by atoms with Gasteiger partial charge in [-0.15, -0.1) is 5.10 Å². The fourth-order valence-electron chi connectivity index (χ4n) is 4.24. The van der Waals surface area contributed by atoms with Crippen molar-refractivity contribution in [3.05, 3.63) is 90.8 Å². The minimum atomic E-state index is -0.136. The van der Waals surface area contributed by atoms with Gasteiger partial charge in [0, 0.05) is 37.4 Å². The topological polar surface area (TPSA) is 63.5 Å². The first kappa shape index (κ1) is 21.7. The number of carbonyl (C=O) groups excluding carboxylic acids is 1. The third-order valence-electron chi connectivity index (χ3n) is 6.05. The number of rotatable bonds is 5. The van der Waals surface area contributed by atoms with Gasteiger partial charge in [0.25, 0.3) is 5.91 Å². The van der Waals surface area contributed by atoms with E-state index in [1.807, 2.05) is 77.7 Å². The predicted molar refractivity (Wildman–Crippen MR) is 133 cm³/mol. The molecule has 0 unspecified atom stereocenters. The summed E-state index contributed by atoms with van der Waals surface area (Å²) in [5.74, 6) is 1.58. The number of aromatic nitrogens is 3. The molecule has 1 aromatic heterocycles. The first-order valence-electron chi connectivity index (χ1n) is 11.5. The van der Waals surface area contributed by atoms with Gasteiger partial charge < -0.3 is 14.5 Å². The molecule has 2 heterocycles. The molecule has 0 bridgehead atoms. The lowest BCUT2D eigenvalue weighted by Gasteiger charge is -2.23.